The average molecular weight is 396 g/mol. The van der Waals surface area contributed by atoms with Crippen molar-refractivity contribution in [3.8, 4) is 5.69 Å². The molecule has 2 N–H and O–H groups in total. The fourth-order valence-electron chi connectivity index (χ4n) is 4.21. The summed E-state index contributed by atoms with van der Waals surface area (Å²) < 4.78 is 1.85. The van der Waals surface area contributed by atoms with Gasteiger partial charge in [-0.25, -0.2) is 9.48 Å². The molecule has 1 saturated heterocycles. The molecule has 4 rings (SSSR count). The van der Waals surface area contributed by atoms with Crippen LogP contribution in [0.25, 0.3) is 5.69 Å². The third-order valence-corrected chi connectivity index (χ3v) is 5.64. The second-order valence-electron chi connectivity index (χ2n) is 8.25. The molecule has 1 aliphatic carbocycles. The van der Waals surface area contributed by atoms with E-state index in [2.05, 4.69) is 10.6 Å². The molecule has 1 atom stereocenters. The molecule has 0 bridgehead atoms. The van der Waals surface area contributed by atoms with Crippen LogP contribution in [-0.2, 0) is 17.6 Å². The number of aromatic nitrogens is 2. The van der Waals surface area contributed by atoms with E-state index in [1.54, 1.807) is 4.90 Å². The number of hydrogen-bond donors (Lipinski definition) is 2. The summed E-state index contributed by atoms with van der Waals surface area (Å²) in [5.74, 6) is 0.550. The van der Waals surface area contributed by atoms with Crippen LogP contribution in [0.3, 0.4) is 0 Å². The van der Waals surface area contributed by atoms with E-state index in [4.69, 9.17) is 5.10 Å². The van der Waals surface area contributed by atoms with Gasteiger partial charge in [-0.3, -0.25) is 4.79 Å². The molecule has 29 heavy (non-hydrogen) atoms. The summed E-state index contributed by atoms with van der Waals surface area (Å²) in [6, 6.07) is 9.90. The van der Waals surface area contributed by atoms with Gasteiger partial charge in [0.25, 0.3) is 0 Å². The number of nitrogens with zero attached hydrogens (tertiary/aromatic N) is 3. The lowest BCUT2D eigenvalue weighted by Crippen LogP contribution is -2.49. The molecule has 3 amide bonds. The van der Waals surface area contributed by atoms with Crippen LogP contribution >= 0.6 is 0 Å². The van der Waals surface area contributed by atoms with Gasteiger partial charge in [-0.15, -0.1) is 0 Å². The predicted molar refractivity (Wildman–Crippen MR) is 112 cm³/mol. The van der Waals surface area contributed by atoms with Crippen LogP contribution in [0.2, 0.25) is 0 Å². The first-order valence-corrected chi connectivity index (χ1v) is 10.6. The molecule has 1 aliphatic heterocycles. The van der Waals surface area contributed by atoms with E-state index >= 15 is 0 Å². The van der Waals surface area contributed by atoms with Crippen molar-refractivity contribution in [2.24, 2.45) is 5.92 Å². The Balaban J connectivity index is 1.52. The van der Waals surface area contributed by atoms with E-state index < -0.39 is 0 Å². The Morgan fingerprint density at radius 2 is 1.93 bits per heavy atom. The highest BCUT2D eigenvalue weighted by molar-refractivity contribution is 5.93. The van der Waals surface area contributed by atoms with Gasteiger partial charge in [0.2, 0.25) is 5.91 Å². The second kappa shape index (κ2) is 8.27. The molecule has 1 unspecified atom stereocenters. The maximum atomic E-state index is 13.1. The van der Waals surface area contributed by atoms with Crippen LogP contribution < -0.4 is 10.6 Å². The van der Waals surface area contributed by atoms with Crippen molar-refractivity contribution in [2.75, 3.05) is 18.4 Å². The molecular formula is C22H29N5O2. The molecule has 1 fully saturated rings. The monoisotopic (exact) mass is 395 g/mol. The number of hydrogen-bond acceptors (Lipinski definition) is 3. The number of nitrogens with one attached hydrogen (secondary N) is 2. The third-order valence-electron chi connectivity index (χ3n) is 5.64. The van der Waals surface area contributed by atoms with Crippen LogP contribution in [0.4, 0.5) is 10.6 Å². The minimum Gasteiger partial charge on any atom is -0.336 e. The summed E-state index contributed by atoms with van der Waals surface area (Å²) in [5.41, 5.74) is 3.16. The maximum absolute atomic E-state index is 13.1. The zero-order valence-electron chi connectivity index (χ0n) is 17.1. The van der Waals surface area contributed by atoms with E-state index in [1.807, 2.05) is 48.9 Å². The van der Waals surface area contributed by atoms with Gasteiger partial charge in [0.05, 0.1) is 17.3 Å². The van der Waals surface area contributed by atoms with Crippen molar-refractivity contribution in [2.45, 2.75) is 52.0 Å². The quantitative estimate of drug-likeness (QED) is 0.835. The van der Waals surface area contributed by atoms with Crippen molar-refractivity contribution in [1.82, 2.24) is 20.0 Å². The predicted octanol–water partition coefficient (Wildman–Crippen LogP) is 3.13. The SMILES string of the molecule is CC(C)NC(=O)N1CCCC(C(=O)Nc2c3c(nn2-c2ccccc2)CCC3)C1. The Hall–Kier alpha value is -2.83. The number of rotatable bonds is 4. The number of para-hydroxylation sites is 1. The van der Waals surface area contributed by atoms with Gasteiger partial charge in [-0.2, -0.15) is 5.10 Å². The Morgan fingerprint density at radius 1 is 1.14 bits per heavy atom. The summed E-state index contributed by atoms with van der Waals surface area (Å²) in [6.45, 7) is 5.03. The molecule has 7 heteroatoms. The first kappa shape index (κ1) is 19.5. The fraction of sp³-hybridized carbons (Fsp3) is 0.500. The highest BCUT2D eigenvalue weighted by Crippen LogP contribution is 2.31. The molecule has 1 aromatic carbocycles. The van der Waals surface area contributed by atoms with Crippen LogP contribution in [0.1, 0.15) is 44.4 Å². The Kier molecular flexibility index (Phi) is 5.56. The highest BCUT2D eigenvalue weighted by atomic mass is 16.2. The maximum Gasteiger partial charge on any atom is 0.317 e. The van der Waals surface area contributed by atoms with Gasteiger partial charge >= 0.3 is 6.03 Å². The number of fused-ring (bicyclic) bond motifs is 1. The lowest BCUT2D eigenvalue weighted by Gasteiger charge is -2.32. The van der Waals surface area contributed by atoms with Crippen molar-refractivity contribution in [3.63, 3.8) is 0 Å². The Morgan fingerprint density at radius 3 is 2.69 bits per heavy atom. The van der Waals surface area contributed by atoms with Crippen LogP contribution in [0.5, 0.6) is 0 Å². The van der Waals surface area contributed by atoms with Gasteiger partial charge in [-0.1, -0.05) is 18.2 Å². The molecule has 0 saturated carbocycles. The van der Waals surface area contributed by atoms with E-state index in [9.17, 15) is 9.59 Å². The zero-order valence-corrected chi connectivity index (χ0v) is 17.1. The van der Waals surface area contributed by atoms with Gasteiger partial charge in [0.1, 0.15) is 5.82 Å². The smallest absolute Gasteiger partial charge is 0.317 e. The largest absolute Gasteiger partial charge is 0.336 e. The Labute approximate surface area is 171 Å². The molecule has 154 valence electrons. The second-order valence-corrected chi connectivity index (χ2v) is 8.25. The summed E-state index contributed by atoms with van der Waals surface area (Å²) in [4.78, 5) is 27.2. The molecule has 0 radical (unpaired) electrons. The van der Waals surface area contributed by atoms with Crippen molar-refractivity contribution >= 4 is 17.8 Å². The van der Waals surface area contributed by atoms with Crippen LogP contribution in [0, 0.1) is 5.92 Å². The number of anilines is 1. The van der Waals surface area contributed by atoms with Crippen LogP contribution in [-0.4, -0.2) is 45.8 Å². The van der Waals surface area contributed by atoms with Gasteiger partial charge < -0.3 is 15.5 Å². The van der Waals surface area contributed by atoms with Gasteiger partial charge in [-0.05, 0) is 58.1 Å². The summed E-state index contributed by atoms with van der Waals surface area (Å²) >= 11 is 0. The van der Waals surface area contributed by atoms with E-state index in [0.29, 0.717) is 13.1 Å². The number of amides is 3. The summed E-state index contributed by atoms with van der Waals surface area (Å²) in [7, 11) is 0. The number of piperidine rings is 1. The standard InChI is InChI=1S/C22H29N5O2/c1-15(2)23-22(29)26-13-7-8-16(14-26)21(28)24-20-18-11-6-12-19(18)25-27(20)17-9-4-3-5-10-17/h3-5,9-10,15-16H,6-8,11-14H2,1-2H3,(H,23,29)(H,24,28). The molecule has 1 aromatic heterocycles. The van der Waals surface area contributed by atoms with Crippen molar-refractivity contribution in [3.05, 3.63) is 41.6 Å². The molecule has 2 aromatic rings. The van der Waals surface area contributed by atoms with E-state index in [0.717, 1.165) is 54.9 Å². The van der Waals surface area contributed by atoms with E-state index in [1.165, 1.54) is 0 Å². The minimum absolute atomic E-state index is 0.0289. The van der Waals surface area contributed by atoms with Gasteiger partial charge in [0, 0.05) is 24.7 Å². The van der Waals surface area contributed by atoms with Crippen molar-refractivity contribution in [1.29, 1.82) is 0 Å². The van der Waals surface area contributed by atoms with Gasteiger partial charge in [0.15, 0.2) is 0 Å². The molecular weight excluding hydrogens is 366 g/mol. The minimum atomic E-state index is -0.210. The number of benzene rings is 1. The average Bonchev–Trinajstić information content (AvgIpc) is 3.31. The normalized spacial score (nSPS) is 18.6. The van der Waals surface area contributed by atoms with Crippen molar-refractivity contribution < 1.29 is 9.59 Å². The van der Waals surface area contributed by atoms with Crippen LogP contribution in [0.15, 0.2) is 30.3 Å². The molecule has 2 heterocycles. The van der Waals surface area contributed by atoms with E-state index in [-0.39, 0.29) is 23.9 Å². The first-order chi connectivity index (χ1) is 14.0. The number of urea groups is 1. The number of aryl methyl sites for hydroxylation is 1. The summed E-state index contributed by atoms with van der Waals surface area (Å²) in [6.07, 6.45) is 4.58. The molecule has 2 aliphatic rings. The highest BCUT2D eigenvalue weighted by Gasteiger charge is 2.31. The fourth-order valence-corrected chi connectivity index (χ4v) is 4.21. The summed E-state index contributed by atoms with van der Waals surface area (Å²) in [5, 5.41) is 10.8. The first-order valence-electron chi connectivity index (χ1n) is 10.6. The number of carbonyl (C=O) groups is 2. The lowest BCUT2D eigenvalue weighted by atomic mass is 9.97. The molecule has 0 spiro atoms. The number of carbonyl (C=O) groups excluding carboxylic acids is 2. The molecule has 7 nitrogen and oxygen atoms in total. The lowest BCUT2D eigenvalue weighted by molar-refractivity contribution is -0.121. The Bertz CT molecular complexity index is 890. The topological polar surface area (TPSA) is 79.3 Å². The third kappa shape index (κ3) is 4.13. The number of likely N-dealkylation sites (tertiary alicyclic amines) is 1. The zero-order chi connectivity index (χ0) is 20.4.